The molecular formula is C28H24N2O3. The number of Topliss-reactive ketones (excluding diaryl/α,β-unsaturated/α-hetero) is 1. The third-order valence-electron chi connectivity index (χ3n) is 5.71. The number of ether oxygens (including phenoxy) is 1. The van der Waals surface area contributed by atoms with E-state index in [-0.39, 0.29) is 24.6 Å². The second-order valence-corrected chi connectivity index (χ2v) is 8.12. The van der Waals surface area contributed by atoms with Crippen LogP contribution in [-0.4, -0.2) is 22.7 Å². The van der Waals surface area contributed by atoms with Gasteiger partial charge in [0, 0.05) is 22.3 Å². The fraction of sp³-hybridized carbons (Fsp3) is 0.179. The number of aromatic nitrogens is 1. The zero-order valence-electron chi connectivity index (χ0n) is 18.9. The van der Waals surface area contributed by atoms with E-state index in [1.165, 1.54) is 5.56 Å². The maximum Gasteiger partial charge on any atom is 0.195 e. The van der Waals surface area contributed by atoms with Crippen molar-refractivity contribution in [2.24, 2.45) is 0 Å². The lowest BCUT2D eigenvalue weighted by Gasteiger charge is -2.13. The maximum absolute atomic E-state index is 13.6. The average molecular weight is 437 g/mol. The molecule has 4 aromatic rings. The van der Waals surface area contributed by atoms with E-state index in [0.717, 1.165) is 27.8 Å². The number of carbonyl (C=O) groups is 2. The van der Waals surface area contributed by atoms with E-state index in [2.05, 4.69) is 36.6 Å². The molecule has 0 spiro atoms. The summed E-state index contributed by atoms with van der Waals surface area (Å²) in [4.78, 5) is 25.3. The Bertz CT molecular complexity index is 1410. The Balaban J connectivity index is 1.90. The predicted octanol–water partition coefficient (Wildman–Crippen LogP) is 5.65. The van der Waals surface area contributed by atoms with Gasteiger partial charge in [0.25, 0.3) is 0 Å². The molecule has 0 fully saturated rings. The van der Waals surface area contributed by atoms with Crippen molar-refractivity contribution in [3.63, 3.8) is 0 Å². The molecule has 0 saturated carbocycles. The second-order valence-electron chi connectivity index (χ2n) is 8.12. The third kappa shape index (κ3) is 4.28. The van der Waals surface area contributed by atoms with E-state index >= 15 is 0 Å². The van der Waals surface area contributed by atoms with Gasteiger partial charge >= 0.3 is 0 Å². The van der Waals surface area contributed by atoms with Gasteiger partial charge in [-0.3, -0.25) is 9.59 Å². The summed E-state index contributed by atoms with van der Waals surface area (Å²) in [5, 5.41) is 9.45. The summed E-state index contributed by atoms with van der Waals surface area (Å²) in [6.07, 6.45) is -0.192. The molecule has 0 aliphatic heterocycles. The van der Waals surface area contributed by atoms with Gasteiger partial charge in [-0.25, -0.2) is 0 Å². The second kappa shape index (κ2) is 9.13. The molecule has 1 aromatic heterocycles. The number of carbonyl (C=O) groups excluding carboxylic acids is 2. The van der Waals surface area contributed by atoms with Crippen molar-refractivity contribution in [1.82, 2.24) is 4.57 Å². The lowest BCUT2D eigenvalue weighted by molar-refractivity contribution is -0.120. The number of fused-ring (bicyclic) bond motifs is 1. The van der Waals surface area contributed by atoms with E-state index in [1.807, 2.05) is 49.4 Å². The van der Waals surface area contributed by atoms with Crippen LogP contribution in [0.1, 0.15) is 39.2 Å². The minimum Gasteiger partial charge on any atom is -0.486 e. The Morgan fingerprint density at radius 1 is 0.970 bits per heavy atom. The molecule has 5 nitrogen and oxygen atoms in total. The van der Waals surface area contributed by atoms with E-state index in [0.29, 0.717) is 16.9 Å². The highest BCUT2D eigenvalue weighted by Crippen LogP contribution is 2.34. The standard InChI is InChI=1S/C28H24N2O3/c1-18-9-11-25(19(2)15-18)30-20(3)27(28(32)21-7-5-4-6-8-21)24-16-23(10-12-26(24)30)33-17-22(31)13-14-29/h4-12,15-16H,13,17H2,1-3H3. The van der Waals surface area contributed by atoms with Crippen LogP contribution < -0.4 is 4.74 Å². The van der Waals surface area contributed by atoms with E-state index in [1.54, 1.807) is 12.1 Å². The Labute approximate surface area is 192 Å². The van der Waals surface area contributed by atoms with Crippen LogP contribution >= 0.6 is 0 Å². The van der Waals surface area contributed by atoms with E-state index in [4.69, 9.17) is 10.00 Å². The summed E-state index contributed by atoms with van der Waals surface area (Å²) < 4.78 is 7.74. The van der Waals surface area contributed by atoms with Crippen LogP contribution in [0.25, 0.3) is 16.6 Å². The monoisotopic (exact) mass is 436 g/mol. The minimum absolute atomic E-state index is 0.0701. The molecule has 1 heterocycles. The number of nitrogens with zero attached hydrogens (tertiary/aromatic N) is 2. The molecule has 0 saturated heterocycles. The first-order valence-corrected chi connectivity index (χ1v) is 10.7. The number of benzene rings is 3. The van der Waals surface area contributed by atoms with Crippen molar-refractivity contribution >= 4 is 22.5 Å². The van der Waals surface area contributed by atoms with Gasteiger partial charge in [0.2, 0.25) is 0 Å². The largest absolute Gasteiger partial charge is 0.486 e. The first kappa shape index (κ1) is 22.0. The van der Waals surface area contributed by atoms with Crippen LogP contribution in [0.5, 0.6) is 5.75 Å². The van der Waals surface area contributed by atoms with Gasteiger partial charge < -0.3 is 9.30 Å². The number of ketones is 2. The molecule has 5 heteroatoms. The van der Waals surface area contributed by atoms with Gasteiger partial charge in [-0.2, -0.15) is 5.26 Å². The van der Waals surface area contributed by atoms with Crippen molar-refractivity contribution in [2.45, 2.75) is 27.2 Å². The number of rotatable bonds is 7. The minimum atomic E-state index is -0.290. The maximum atomic E-state index is 13.6. The van der Waals surface area contributed by atoms with Gasteiger partial charge in [0.1, 0.15) is 12.4 Å². The van der Waals surface area contributed by atoms with Crippen LogP contribution in [-0.2, 0) is 4.79 Å². The quantitative estimate of drug-likeness (QED) is 0.351. The van der Waals surface area contributed by atoms with E-state index in [9.17, 15) is 9.59 Å². The fourth-order valence-corrected chi connectivity index (χ4v) is 4.18. The van der Waals surface area contributed by atoms with Crippen LogP contribution in [0.2, 0.25) is 0 Å². The molecule has 0 atom stereocenters. The van der Waals surface area contributed by atoms with Gasteiger partial charge in [0.15, 0.2) is 11.6 Å². The number of hydrogen-bond acceptors (Lipinski definition) is 4. The van der Waals surface area contributed by atoms with Crippen LogP contribution in [0.3, 0.4) is 0 Å². The topological polar surface area (TPSA) is 72.1 Å². The zero-order valence-corrected chi connectivity index (χ0v) is 18.9. The molecule has 0 bridgehead atoms. The highest BCUT2D eigenvalue weighted by molar-refractivity contribution is 6.18. The molecule has 0 N–H and O–H groups in total. The molecule has 0 unspecified atom stereocenters. The first-order chi connectivity index (χ1) is 15.9. The molecule has 0 amide bonds. The molecule has 0 aliphatic carbocycles. The van der Waals surface area contributed by atoms with Gasteiger partial charge in [-0.05, 0) is 50.6 Å². The molecular weight excluding hydrogens is 412 g/mol. The number of aryl methyl sites for hydroxylation is 2. The summed E-state index contributed by atoms with van der Waals surface area (Å²) >= 11 is 0. The Morgan fingerprint density at radius 3 is 2.42 bits per heavy atom. The van der Waals surface area contributed by atoms with Crippen LogP contribution in [0.4, 0.5) is 0 Å². The van der Waals surface area contributed by atoms with Crippen molar-refractivity contribution in [2.75, 3.05) is 6.61 Å². The lowest BCUT2D eigenvalue weighted by Crippen LogP contribution is -2.10. The summed E-state index contributed by atoms with van der Waals surface area (Å²) in [7, 11) is 0. The highest BCUT2D eigenvalue weighted by atomic mass is 16.5. The molecule has 33 heavy (non-hydrogen) atoms. The normalized spacial score (nSPS) is 10.7. The van der Waals surface area contributed by atoms with Crippen molar-refractivity contribution in [3.05, 3.63) is 94.7 Å². The van der Waals surface area contributed by atoms with Crippen LogP contribution in [0, 0.1) is 32.1 Å². The first-order valence-electron chi connectivity index (χ1n) is 10.7. The molecule has 0 aliphatic rings. The number of nitriles is 1. The summed E-state index contributed by atoms with van der Waals surface area (Å²) in [5.41, 5.74) is 6.21. The van der Waals surface area contributed by atoms with E-state index < -0.39 is 0 Å². The number of hydrogen-bond donors (Lipinski definition) is 0. The highest BCUT2D eigenvalue weighted by Gasteiger charge is 2.23. The molecule has 4 rings (SSSR count). The van der Waals surface area contributed by atoms with Gasteiger partial charge in [0.05, 0.1) is 23.6 Å². The molecule has 0 radical (unpaired) electrons. The summed E-state index contributed by atoms with van der Waals surface area (Å²) in [6, 6.07) is 22.8. The Morgan fingerprint density at radius 2 is 1.73 bits per heavy atom. The molecule has 3 aromatic carbocycles. The van der Waals surface area contributed by atoms with Crippen molar-refractivity contribution in [1.29, 1.82) is 5.26 Å². The third-order valence-corrected chi connectivity index (χ3v) is 5.71. The van der Waals surface area contributed by atoms with Crippen molar-refractivity contribution < 1.29 is 14.3 Å². The summed E-state index contributed by atoms with van der Waals surface area (Å²) in [5.74, 6) is 0.121. The predicted molar refractivity (Wildman–Crippen MR) is 128 cm³/mol. The van der Waals surface area contributed by atoms with Gasteiger partial charge in [-0.1, -0.05) is 48.0 Å². The summed E-state index contributed by atoms with van der Waals surface area (Å²) in [6.45, 7) is 5.88. The Kier molecular flexibility index (Phi) is 6.10. The fourth-order valence-electron chi connectivity index (χ4n) is 4.18. The molecule has 164 valence electrons. The van der Waals surface area contributed by atoms with Gasteiger partial charge in [-0.15, -0.1) is 0 Å². The zero-order chi connectivity index (χ0) is 23.5. The van der Waals surface area contributed by atoms with Crippen LogP contribution in [0.15, 0.2) is 66.7 Å². The smallest absolute Gasteiger partial charge is 0.195 e. The van der Waals surface area contributed by atoms with Crippen molar-refractivity contribution in [3.8, 4) is 17.5 Å². The average Bonchev–Trinajstić information content (AvgIpc) is 3.09. The lowest BCUT2D eigenvalue weighted by atomic mass is 10.0. The Hall–Kier alpha value is -4.17. The SMILES string of the molecule is Cc1ccc(-n2c(C)c(C(=O)c3ccccc3)c3cc(OCC(=O)CC#N)ccc32)c(C)c1.